The van der Waals surface area contributed by atoms with Gasteiger partial charge in [0.25, 0.3) is 0 Å². The van der Waals surface area contributed by atoms with Gasteiger partial charge in [-0.2, -0.15) is 26.3 Å². The predicted molar refractivity (Wildman–Crippen MR) is 144 cm³/mol. The molecule has 1 aliphatic heterocycles. The molecule has 7 nitrogen and oxygen atoms in total. The van der Waals surface area contributed by atoms with Crippen LogP contribution in [0.4, 0.5) is 43.4 Å². The fourth-order valence-corrected chi connectivity index (χ4v) is 4.15. The number of anilines is 3. The van der Waals surface area contributed by atoms with Gasteiger partial charge in [-0.05, 0) is 36.8 Å². The van der Waals surface area contributed by atoms with Gasteiger partial charge < -0.3 is 21.3 Å². The summed E-state index contributed by atoms with van der Waals surface area (Å²) in [7, 11) is 0. The fraction of sp³-hybridized carbons (Fsp3) is 0.400. The molecule has 2 aromatic carbocycles. The molecule has 0 fully saturated rings. The van der Waals surface area contributed by atoms with Gasteiger partial charge in [0.1, 0.15) is 6.04 Å². The molecule has 4 N–H and O–H groups in total. The number of primary amides is 1. The van der Waals surface area contributed by atoms with Gasteiger partial charge in [-0.1, -0.05) is 47.8 Å². The number of alkyl halides is 6. The van der Waals surface area contributed by atoms with Crippen LogP contribution >= 0.6 is 34.8 Å². The summed E-state index contributed by atoms with van der Waals surface area (Å²) in [5.41, 5.74) is 6.41. The SMILES string of the molecule is CCC(F)(F)F.NC(=O)CC(CCC(F)(F)F)C(=O)NC1CN(c2ccc(Cl)c(Cl)c2)c2cccc(Cl)c2NC1=O. The first kappa shape index (κ1) is 34.3. The summed E-state index contributed by atoms with van der Waals surface area (Å²) in [6, 6.07) is 8.45. The third kappa shape index (κ3) is 10.8. The Balaban J connectivity index is 0.000000883. The van der Waals surface area contributed by atoms with Crippen molar-refractivity contribution in [2.75, 3.05) is 16.8 Å². The maximum Gasteiger partial charge on any atom is 0.389 e. The maximum absolute atomic E-state index is 13.0. The predicted octanol–water partition coefficient (Wildman–Crippen LogP) is 7.01. The number of nitrogens with one attached hydrogen (secondary N) is 2. The van der Waals surface area contributed by atoms with Crippen molar-refractivity contribution >= 4 is 69.6 Å². The normalized spacial score (nSPS) is 16.0. The van der Waals surface area contributed by atoms with Crippen LogP contribution in [0.15, 0.2) is 36.4 Å². The van der Waals surface area contributed by atoms with E-state index in [0.717, 1.165) is 6.92 Å². The van der Waals surface area contributed by atoms with Gasteiger partial charge >= 0.3 is 12.4 Å². The van der Waals surface area contributed by atoms with E-state index in [9.17, 15) is 40.7 Å². The van der Waals surface area contributed by atoms with Crippen molar-refractivity contribution in [2.45, 2.75) is 51.0 Å². The molecule has 2 atom stereocenters. The highest BCUT2D eigenvalue weighted by molar-refractivity contribution is 6.42. The number of hydrogen-bond acceptors (Lipinski definition) is 4. The molecule has 1 heterocycles. The molecule has 0 saturated heterocycles. The minimum absolute atomic E-state index is 0.120. The van der Waals surface area contributed by atoms with E-state index in [4.69, 9.17) is 40.5 Å². The second-order valence-electron chi connectivity index (χ2n) is 8.88. The zero-order valence-electron chi connectivity index (χ0n) is 21.3. The van der Waals surface area contributed by atoms with E-state index >= 15 is 0 Å². The molecule has 0 saturated carbocycles. The van der Waals surface area contributed by atoms with Crippen LogP contribution in [0.2, 0.25) is 15.1 Å². The third-order valence-corrected chi connectivity index (χ3v) is 6.79. The number of nitrogens with zero attached hydrogens (tertiary/aromatic N) is 1. The molecule has 41 heavy (non-hydrogen) atoms. The van der Waals surface area contributed by atoms with Gasteiger partial charge in [0.15, 0.2) is 0 Å². The van der Waals surface area contributed by atoms with Crippen LogP contribution in [0.5, 0.6) is 0 Å². The van der Waals surface area contributed by atoms with E-state index in [-0.39, 0.29) is 22.3 Å². The number of benzene rings is 2. The lowest BCUT2D eigenvalue weighted by molar-refractivity contribution is -0.143. The lowest BCUT2D eigenvalue weighted by atomic mass is 9.97. The first-order valence-corrected chi connectivity index (χ1v) is 13.1. The number of fused-ring (bicyclic) bond motifs is 1. The van der Waals surface area contributed by atoms with Crippen LogP contribution in [-0.4, -0.2) is 42.7 Å². The van der Waals surface area contributed by atoms with Crippen molar-refractivity contribution in [3.05, 3.63) is 51.5 Å². The molecule has 0 bridgehead atoms. The van der Waals surface area contributed by atoms with Crippen molar-refractivity contribution < 1.29 is 40.7 Å². The van der Waals surface area contributed by atoms with Crippen LogP contribution in [0.1, 0.15) is 32.6 Å². The smallest absolute Gasteiger partial charge is 0.370 e. The largest absolute Gasteiger partial charge is 0.389 e. The Labute approximate surface area is 246 Å². The van der Waals surface area contributed by atoms with E-state index < -0.39 is 67.7 Å². The second-order valence-corrected chi connectivity index (χ2v) is 10.1. The van der Waals surface area contributed by atoms with Crippen molar-refractivity contribution in [3.8, 4) is 0 Å². The van der Waals surface area contributed by atoms with Crippen LogP contribution in [-0.2, 0) is 14.4 Å². The van der Waals surface area contributed by atoms with Crippen LogP contribution < -0.4 is 21.3 Å². The first-order valence-electron chi connectivity index (χ1n) is 12.0. The van der Waals surface area contributed by atoms with Crippen LogP contribution in [0, 0.1) is 5.92 Å². The Morgan fingerprint density at radius 1 is 1.05 bits per heavy atom. The van der Waals surface area contributed by atoms with Gasteiger partial charge in [0.2, 0.25) is 17.7 Å². The van der Waals surface area contributed by atoms with Gasteiger partial charge in [-0.3, -0.25) is 14.4 Å². The number of rotatable bonds is 7. The molecule has 0 radical (unpaired) electrons. The molecule has 16 heteroatoms. The van der Waals surface area contributed by atoms with E-state index in [1.54, 1.807) is 41.3 Å². The fourth-order valence-electron chi connectivity index (χ4n) is 3.64. The lowest BCUT2D eigenvalue weighted by Gasteiger charge is -2.28. The molecule has 3 amide bonds. The summed E-state index contributed by atoms with van der Waals surface area (Å²) in [5, 5.41) is 5.88. The second kappa shape index (κ2) is 14.3. The summed E-state index contributed by atoms with van der Waals surface area (Å²) in [5.74, 6) is -3.85. The molecular formula is C25H25Cl3F6N4O3. The molecule has 0 aromatic heterocycles. The Morgan fingerprint density at radius 2 is 1.68 bits per heavy atom. The van der Waals surface area contributed by atoms with Crippen molar-refractivity contribution in [1.29, 1.82) is 0 Å². The Hall–Kier alpha value is -2.90. The van der Waals surface area contributed by atoms with E-state index in [1.165, 1.54) is 0 Å². The first-order chi connectivity index (χ1) is 18.9. The summed E-state index contributed by atoms with van der Waals surface area (Å²) in [4.78, 5) is 38.9. The monoisotopic (exact) mass is 648 g/mol. The Kier molecular flexibility index (Phi) is 12.0. The van der Waals surface area contributed by atoms with Gasteiger partial charge in [-0.15, -0.1) is 0 Å². The number of carbonyl (C=O) groups excluding carboxylic acids is 3. The molecule has 0 aliphatic carbocycles. The van der Waals surface area contributed by atoms with Crippen molar-refractivity contribution in [2.24, 2.45) is 11.7 Å². The van der Waals surface area contributed by atoms with E-state index in [2.05, 4.69) is 10.6 Å². The number of hydrogen-bond donors (Lipinski definition) is 3. The summed E-state index contributed by atoms with van der Waals surface area (Å²) in [6.07, 6.45) is -11.8. The number of para-hydroxylation sites is 1. The summed E-state index contributed by atoms with van der Waals surface area (Å²) in [6.45, 7) is 0.964. The molecule has 1 aliphatic rings. The molecule has 3 rings (SSSR count). The standard InChI is InChI=1S/C22H20Cl3F3N4O3.C3H5F3/c23-13-5-4-12(9-15(13)25)32-10-16(21(35)31-19-14(24)2-1-3-17(19)32)30-20(34)11(8-18(29)33)6-7-22(26,27)28;1-2-3(4,5)6/h1-5,9,11,16H,6-8,10H2,(H2,29,33)(H,30,34)(H,31,35);2H2,1H3. The highest BCUT2D eigenvalue weighted by atomic mass is 35.5. The zero-order chi connectivity index (χ0) is 31.1. The highest BCUT2D eigenvalue weighted by Gasteiger charge is 2.35. The highest BCUT2D eigenvalue weighted by Crippen LogP contribution is 2.40. The molecule has 226 valence electrons. The van der Waals surface area contributed by atoms with Crippen LogP contribution in [0.25, 0.3) is 0 Å². The average Bonchev–Trinajstić information content (AvgIpc) is 3.00. The summed E-state index contributed by atoms with van der Waals surface area (Å²) >= 11 is 18.5. The van der Waals surface area contributed by atoms with Crippen LogP contribution in [0.3, 0.4) is 0 Å². The molecule has 0 spiro atoms. The summed E-state index contributed by atoms with van der Waals surface area (Å²) < 4.78 is 70.5. The van der Waals surface area contributed by atoms with E-state index in [0.29, 0.717) is 16.4 Å². The third-order valence-electron chi connectivity index (χ3n) is 5.74. The molecular weight excluding hydrogens is 625 g/mol. The number of carbonyl (C=O) groups is 3. The minimum Gasteiger partial charge on any atom is -0.370 e. The van der Waals surface area contributed by atoms with Gasteiger partial charge in [0, 0.05) is 30.9 Å². The topological polar surface area (TPSA) is 105 Å². The van der Waals surface area contributed by atoms with Crippen molar-refractivity contribution in [1.82, 2.24) is 5.32 Å². The minimum atomic E-state index is -4.53. The Bertz CT molecular complexity index is 1260. The van der Waals surface area contributed by atoms with E-state index in [1.807, 2.05) is 0 Å². The Morgan fingerprint density at radius 3 is 2.22 bits per heavy atom. The zero-order valence-corrected chi connectivity index (χ0v) is 23.6. The van der Waals surface area contributed by atoms with Gasteiger partial charge in [-0.25, -0.2) is 0 Å². The lowest BCUT2D eigenvalue weighted by Crippen LogP contribution is -2.50. The maximum atomic E-state index is 13.0. The number of amides is 3. The molecule has 2 aromatic rings. The number of nitrogens with two attached hydrogens (primary N) is 1. The average molecular weight is 650 g/mol. The molecule has 2 unspecified atom stereocenters. The quantitative estimate of drug-likeness (QED) is 0.281. The number of halogens is 9. The van der Waals surface area contributed by atoms with Gasteiger partial charge in [0.05, 0.1) is 33.0 Å². The van der Waals surface area contributed by atoms with Crippen molar-refractivity contribution in [3.63, 3.8) is 0 Å².